The van der Waals surface area contributed by atoms with Crippen LogP contribution in [0.5, 0.6) is 0 Å². The zero-order chi connectivity index (χ0) is 17.0. The second-order valence-electron chi connectivity index (χ2n) is 5.95. The minimum absolute atomic E-state index is 0.137. The number of nitrogens with one attached hydrogen (secondary N) is 2. The lowest BCUT2D eigenvalue weighted by molar-refractivity contribution is -0.197. The molecule has 0 bridgehead atoms. The van der Waals surface area contributed by atoms with Crippen molar-refractivity contribution in [3.8, 4) is 0 Å². The first-order chi connectivity index (χ1) is 10.2. The topological polar surface area (TPSA) is 93.7 Å². The van der Waals surface area contributed by atoms with Crippen LogP contribution in [0.4, 0.5) is 0 Å². The van der Waals surface area contributed by atoms with Gasteiger partial charge in [-0.15, -0.1) is 0 Å². The number of hydrogen-bond donors (Lipinski definition) is 2. The number of ether oxygens (including phenoxy) is 2. The summed E-state index contributed by atoms with van der Waals surface area (Å²) in [5, 5.41) is 5.22. The Balaban J connectivity index is 2.81. The minimum atomic E-state index is -1.13. The molecule has 7 heteroatoms. The molecule has 7 nitrogen and oxygen atoms in total. The molecule has 0 heterocycles. The number of rotatable bonds is 7. The Morgan fingerprint density at radius 1 is 1.18 bits per heavy atom. The highest BCUT2D eigenvalue weighted by Gasteiger charge is 2.66. The van der Waals surface area contributed by atoms with Gasteiger partial charge < -0.3 is 20.1 Å². The molecule has 126 valence electrons. The predicted octanol–water partition coefficient (Wildman–Crippen LogP) is 0.376. The van der Waals surface area contributed by atoms with Crippen LogP contribution >= 0.6 is 0 Å². The lowest BCUT2D eigenvalue weighted by atomic mass is 9.54. The first kappa shape index (κ1) is 18.4. The van der Waals surface area contributed by atoms with Crippen LogP contribution in [-0.4, -0.2) is 49.7 Å². The van der Waals surface area contributed by atoms with Crippen molar-refractivity contribution in [2.45, 2.75) is 52.2 Å². The Kier molecular flexibility index (Phi) is 5.93. The van der Waals surface area contributed by atoms with E-state index in [1.54, 1.807) is 6.92 Å². The van der Waals surface area contributed by atoms with Crippen molar-refractivity contribution in [2.24, 2.45) is 5.41 Å². The van der Waals surface area contributed by atoms with E-state index in [0.717, 1.165) is 0 Å². The fourth-order valence-electron chi connectivity index (χ4n) is 2.78. The molecule has 1 aliphatic carbocycles. The average Bonchev–Trinajstić information content (AvgIpc) is 2.50. The first-order valence-corrected chi connectivity index (χ1v) is 7.52. The highest BCUT2D eigenvalue weighted by Crippen LogP contribution is 2.51. The summed E-state index contributed by atoms with van der Waals surface area (Å²) < 4.78 is 10.5. The fourth-order valence-corrected chi connectivity index (χ4v) is 2.78. The van der Waals surface area contributed by atoms with Gasteiger partial charge in [-0.3, -0.25) is 9.59 Å². The molecular weight excluding hydrogens is 288 g/mol. The minimum Gasteiger partial charge on any atom is -0.467 e. The highest BCUT2D eigenvalue weighted by molar-refractivity contribution is 5.92. The van der Waals surface area contributed by atoms with Crippen molar-refractivity contribution in [2.75, 3.05) is 20.3 Å². The van der Waals surface area contributed by atoms with Gasteiger partial charge in [0, 0.05) is 24.9 Å². The van der Waals surface area contributed by atoms with Crippen LogP contribution in [0, 0.1) is 5.41 Å². The third-order valence-electron chi connectivity index (χ3n) is 4.42. The average molecular weight is 314 g/mol. The van der Waals surface area contributed by atoms with E-state index in [2.05, 4.69) is 10.6 Å². The number of carbonyl (C=O) groups excluding carboxylic acids is 3. The zero-order valence-electron chi connectivity index (χ0n) is 13.9. The molecule has 0 spiro atoms. The lowest BCUT2D eigenvalue weighted by Crippen LogP contribution is -2.76. The maximum absolute atomic E-state index is 12.2. The van der Waals surface area contributed by atoms with Crippen molar-refractivity contribution < 1.29 is 23.9 Å². The largest absolute Gasteiger partial charge is 0.467 e. The van der Waals surface area contributed by atoms with Crippen LogP contribution in [-0.2, 0) is 23.9 Å². The monoisotopic (exact) mass is 314 g/mol. The lowest BCUT2D eigenvalue weighted by Gasteiger charge is -2.58. The molecule has 22 heavy (non-hydrogen) atoms. The summed E-state index contributed by atoms with van der Waals surface area (Å²) in [7, 11) is 1.29. The number of esters is 1. The molecular formula is C15H26N2O5. The molecule has 1 fully saturated rings. The van der Waals surface area contributed by atoms with E-state index < -0.39 is 22.8 Å². The normalized spacial score (nSPS) is 25.8. The molecule has 2 N–H and O–H groups in total. The number of amides is 2. The molecule has 0 aromatic heterocycles. The summed E-state index contributed by atoms with van der Waals surface area (Å²) in [5.74, 6) is -1.14. The Hall–Kier alpha value is -1.63. The molecule has 0 aromatic rings. The maximum atomic E-state index is 12.2. The molecule has 2 atom stereocenters. The maximum Gasteiger partial charge on any atom is 0.332 e. The van der Waals surface area contributed by atoms with Gasteiger partial charge >= 0.3 is 5.97 Å². The van der Waals surface area contributed by atoms with Gasteiger partial charge in [-0.2, -0.15) is 0 Å². The van der Waals surface area contributed by atoms with Gasteiger partial charge in [-0.05, 0) is 6.92 Å². The van der Waals surface area contributed by atoms with Gasteiger partial charge in [0.25, 0.3) is 0 Å². The Morgan fingerprint density at radius 3 is 2.27 bits per heavy atom. The van der Waals surface area contributed by atoms with Crippen molar-refractivity contribution in [3.05, 3.63) is 0 Å². The van der Waals surface area contributed by atoms with Crippen LogP contribution in [0.1, 0.15) is 40.5 Å². The highest BCUT2D eigenvalue weighted by atomic mass is 16.5. The standard InChI is InChI=1S/C15H26N2O5/c1-6-11(18)16-9-12(19)17-15(13(20)21-5)8-10(22-7-2)14(15,3)4/h10H,6-9H2,1-5H3,(H,16,18)(H,17,19)/t10-,15-/m0/s1. The van der Waals surface area contributed by atoms with E-state index in [1.807, 2.05) is 20.8 Å². The van der Waals surface area contributed by atoms with Crippen LogP contribution in [0.3, 0.4) is 0 Å². The molecule has 0 saturated heterocycles. The Labute approximate surface area is 131 Å². The second kappa shape index (κ2) is 7.09. The summed E-state index contributed by atoms with van der Waals surface area (Å²) in [4.78, 5) is 35.5. The van der Waals surface area contributed by atoms with Crippen LogP contribution in [0.2, 0.25) is 0 Å². The molecule has 2 amide bonds. The van der Waals surface area contributed by atoms with E-state index in [-0.39, 0.29) is 18.6 Å². The zero-order valence-corrected chi connectivity index (χ0v) is 13.9. The number of methoxy groups -OCH3 is 1. The number of carbonyl (C=O) groups is 3. The third kappa shape index (κ3) is 3.24. The molecule has 1 aliphatic rings. The van der Waals surface area contributed by atoms with Crippen molar-refractivity contribution >= 4 is 17.8 Å². The molecule has 0 aliphatic heterocycles. The SMILES string of the molecule is CCO[C@H]1C[C@](NC(=O)CNC(=O)CC)(C(=O)OC)C1(C)C. The van der Waals surface area contributed by atoms with Gasteiger partial charge in [-0.25, -0.2) is 4.79 Å². The quantitative estimate of drug-likeness (QED) is 0.662. The molecule has 0 aromatic carbocycles. The van der Waals surface area contributed by atoms with E-state index in [1.165, 1.54) is 7.11 Å². The van der Waals surface area contributed by atoms with Crippen LogP contribution in [0.15, 0.2) is 0 Å². The molecule has 0 radical (unpaired) electrons. The van der Waals surface area contributed by atoms with Gasteiger partial charge in [0.15, 0.2) is 0 Å². The Morgan fingerprint density at radius 2 is 1.82 bits per heavy atom. The van der Waals surface area contributed by atoms with E-state index in [4.69, 9.17) is 9.47 Å². The van der Waals surface area contributed by atoms with Crippen molar-refractivity contribution in [3.63, 3.8) is 0 Å². The molecule has 1 rings (SSSR count). The predicted molar refractivity (Wildman–Crippen MR) is 80.0 cm³/mol. The first-order valence-electron chi connectivity index (χ1n) is 7.52. The molecule has 0 unspecified atom stereocenters. The van der Waals surface area contributed by atoms with Gasteiger partial charge in [0.1, 0.15) is 5.54 Å². The van der Waals surface area contributed by atoms with Crippen LogP contribution in [0.25, 0.3) is 0 Å². The smallest absolute Gasteiger partial charge is 0.332 e. The van der Waals surface area contributed by atoms with Crippen molar-refractivity contribution in [1.29, 1.82) is 0 Å². The summed E-state index contributed by atoms with van der Waals surface area (Å²) in [6, 6.07) is 0. The van der Waals surface area contributed by atoms with Gasteiger partial charge in [0.2, 0.25) is 11.8 Å². The van der Waals surface area contributed by atoms with Gasteiger partial charge in [-0.1, -0.05) is 20.8 Å². The third-order valence-corrected chi connectivity index (χ3v) is 4.42. The Bertz CT molecular complexity index is 449. The number of hydrogen-bond acceptors (Lipinski definition) is 5. The van der Waals surface area contributed by atoms with E-state index in [9.17, 15) is 14.4 Å². The summed E-state index contributed by atoms with van der Waals surface area (Å²) in [6.07, 6.45) is 0.517. The molecule has 1 saturated carbocycles. The van der Waals surface area contributed by atoms with E-state index in [0.29, 0.717) is 19.4 Å². The van der Waals surface area contributed by atoms with Crippen molar-refractivity contribution in [1.82, 2.24) is 10.6 Å². The second-order valence-corrected chi connectivity index (χ2v) is 5.95. The fraction of sp³-hybridized carbons (Fsp3) is 0.800. The summed E-state index contributed by atoms with van der Waals surface area (Å²) in [6.45, 7) is 7.67. The summed E-state index contributed by atoms with van der Waals surface area (Å²) >= 11 is 0. The van der Waals surface area contributed by atoms with E-state index >= 15 is 0 Å². The van der Waals surface area contributed by atoms with Gasteiger partial charge in [0.05, 0.1) is 19.8 Å². The van der Waals surface area contributed by atoms with Crippen LogP contribution < -0.4 is 10.6 Å². The summed E-state index contributed by atoms with van der Waals surface area (Å²) in [5.41, 5.74) is -1.73.